The Morgan fingerprint density at radius 2 is 2.05 bits per heavy atom. The van der Waals surface area contributed by atoms with E-state index in [0.29, 0.717) is 12.3 Å². The van der Waals surface area contributed by atoms with Crippen LogP contribution in [0.15, 0.2) is 18.2 Å². The predicted octanol–water partition coefficient (Wildman–Crippen LogP) is 1.02. The second-order valence-corrected chi connectivity index (χ2v) is 5.06. The van der Waals surface area contributed by atoms with Crippen LogP contribution in [0.2, 0.25) is 0 Å². The zero-order chi connectivity index (χ0) is 13.4. The van der Waals surface area contributed by atoms with Crippen molar-refractivity contribution in [2.45, 2.75) is 6.04 Å². The van der Waals surface area contributed by atoms with Crippen molar-refractivity contribution in [3.05, 3.63) is 29.6 Å². The number of carbonyl (C=O) groups excluding carboxylic acids is 1. The maximum Gasteiger partial charge on any atom is 0.184 e. The molecule has 0 aromatic heterocycles. The van der Waals surface area contributed by atoms with Gasteiger partial charge in [0.15, 0.2) is 5.78 Å². The van der Waals surface area contributed by atoms with Gasteiger partial charge in [-0.25, -0.2) is 4.39 Å². The van der Waals surface area contributed by atoms with Crippen LogP contribution in [0, 0.1) is 5.82 Å². The Balaban J connectivity index is 1.84. The summed E-state index contributed by atoms with van der Waals surface area (Å²) < 4.78 is 18.9. The Morgan fingerprint density at radius 1 is 1.32 bits per heavy atom. The van der Waals surface area contributed by atoms with E-state index >= 15 is 0 Å². The van der Waals surface area contributed by atoms with Gasteiger partial charge in [-0.3, -0.25) is 14.6 Å². The lowest BCUT2D eigenvalue weighted by atomic mass is 9.98. The Kier molecular flexibility index (Phi) is 3.24. The van der Waals surface area contributed by atoms with E-state index in [9.17, 15) is 9.18 Å². The lowest BCUT2D eigenvalue weighted by Gasteiger charge is -2.46. The fourth-order valence-corrected chi connectivity index (χ4v) is 2.87. The molecule has 19 heavy (non-hydrogen) atoms. The van der Waals surface area contributed by atoms with Gasteiger partial charge in [0.2, 0.25) is 0 Å². The molecule has 0 aliphatic carbocycles. The van der Waals surface area contributed by atoms with Crippen LogP contribution in [0.25, 0.3) is 0 Å². The third-order valence-corrected chi connectivity index (χ3v) is 4.02. The van der Waals surface area contributed by atoms with E-state index in [4.69, 9.17) is 4.74 Å². The van der Waals surface area contributed by atoms with Gasteiger partial charge in [0, 0.05) is 38.8 Å². The minimum Gasteiger partial charge on any atom is -0.497 e. The van der Waals surface area contributed by atoms with Crippen LogP contribution in [0.1, 0.15) is 10.4 Å². The van der Waals surface area contributed by atoms with Crippen molar-refractivity contribution >= 4 is 5.78 Å². The number of nitrogens with zero attached hydrogens (tertiary/aromatic N) is 2. The molecular weight excluding hydrogens is 247 g/mol. The molecule has 102 valence electrons. The molecule has 4 rings (SSSR count). The molecule has 3 fully saturated rings. The summed E-state index contributed by atoms with van der Waals surface area (Å²) in [4.78, 5) is 16.9. The first-order valence-electron chi connectivity index (χ1n) is 6.53. The van der Waals surface area contributed by atoms with Crippen molar-refractivity contribution < 1.29 is 13.9 Å². The summed E-state index contributed by atoms with van der Waals surface area (Å²) in [6, 6.07) is 4.22. The molecule has 2 bridgehead atoms. The molecule has 1 aromatic carbocycles. The van der Waals surface area contributed by atoms with Crippen LogP contribution >= 0.6 is 0 Å². The minimum atomic E-state index is -0.498. The van der Waals surface area contributed by atoms with E-state index in [2.05, 4.69) is 9.80 Å². The minimum absolute atomic E-state index is 0.121. The van der Waals surface area contributed by atoms with Gasteiger partial charge in [-0.05, 0) is 12.1 Å². The third-order valence-electron chi connectivity index (χ3n) is 4.02. The number of halogens is 1. The number of benzene rings is 1. The Hall–Kier alpha value is -1.46. The van der Waals surface area contributed by atoms with Crippen LogP contribution in [-0.4, -0.2) is 61.5 Å². The highest BCUT2D eigenvalue weighted by molar-refractivity contribution is 6.00. The molecule has 1 atom stereocenters. The number of ether oxygens (including phenoxy) is 1. The Bertz CT molecular complexity index is 498. The highest BCUT2D eigenvalue weighted by Gasteiger charge is 2.37. The second kappa shape index (κ2) is 4.90. The molecule has 0 saturated carbocycles. The topological polar surface area (TPSA) is 32.8 Å². The number of rotatable bonds is 3. The van der Waals surface area contributed by atoms with Crippen LogP contribution in [0.3, 0.4) is 0 Å². The van der Waals surface area contributed by atoms with E-state index in [1.165, 1.54) is 19.2 Å². The average molecular weight is 264 g/mol. The summed E-state index contributed by atoms with van der Waals surface area (Å²) in [6.45, 7) is 4.52. The number of hydrogen-bond acceptors (Lipinski definition) is 4. The van der Waals surface area contributed by atoms with Gasteiger partial charge in [0.05, 0.1) is 18.7 Å². The number of carbonyl (C=O) groups is 1. The largest absolute Gasteiger partial charge is 0.497 e. The summed E-state index contributed by atoms with van der Waals surface area (Å²) in [5.41, 5.74) is 0.166. The second-order valence-electron chi connectivity index (χ2n) is 5.06. The predicted molar refractivity (Wildman–Crippen MR) is 69.1 cm³/mol. The fourth-order valence-electron chi connectivity index (χ4n) is 2.87. The summed E-state index contributed by atoms with van der Waals surface area (Å²) in [7, 11) is 1.48. The molecule has 0 radical (unpaired) electrons. The smallest absolute Gasteiger partial charge is 0.184 e. The molecule has 3 saturated heterocycles. The molecule has 3 aliphatic heterocycles. The average Bonchev–Trinajstić information content (AvgIpc) is 2.47. The molecule has 1 aromatic rings. The van der Waals surface area contributed by atoms with E-state index in [1.807, 2.05) is 0 Å². The highest BCUT2D eigenvalue weighted by Crippen LogP contribution is 2.22. The van der Waals surface area contributed by atoms with Gasteiger partial charge >= 0.3 is 0 Å². The van der Waals surface area contributed by atoms with E-state index < -0.39 is 5.82 Å². The third kappa shape index (κ3) is 2.24. The number of methoxy groups -OCH3 is 1. The van der Waals surface area contributed by atoms with Crippen molar-refractivity contribution in [2.24, 2.45) is 0 Å². The zero-order valence-corrected chi connectivity index (χ0v) is 10.9. The van der Waals surface area contributed by atoms with Gasteiger partial charge in [0.1, 0.15) is 11.6 Å². The zero-order valence-electron chi connectivity index (χ0n) is 10.9. The Morgan fingerprint density at radius 3 is 2.58 bits per heavy atom. The van der Waals surface area contributed by atoms with Gasteiger partial charge in [-0.1, -0.05) is 0 Å². The number of ketones is 1. The fraction of sp³-hybridized carbons (Fsp3) is 0.500. The first-order valence-corrected chi connectivity index (χ1v) is 6.53. The normalized spacial score (nSPS) is 29.3. The van der Waals surface area contributed by atoms with Gasteiger partial charge in [-0.15, -0.1) is 0 Å². The van der Waals surface area contributed by atoms with Gasteiger partial charge in [0.25, 0.3) is 0 Å². The molecule has 3 aliphatic rings. The lowest BCUT2D eigenvalue weighted by molar-refractivity contribution is 0.0157. The monoisotopic (exact) mass is 264 g/mol. The van der Waals surface area contributed by atoms with E-state index in [1.54, 1.807) is 6.07 Å². The Labute approximate surface area is 111 Å². The van der Waals surface area contributed by atoms with Crippen LogP contribution in [0.4, 0.5) is 4.39 Å². The van der Waals surface area contributed by atoms with Crippen LogP contribution in [0.5, 0.6) is 5.75 Å². The quantitative estimate of drug-likeness (QED) is 0.763. The van der Waals surface area contributed by atoms with E-state index in [-0.39, 0.29) is 17.4 Å². The molecular formula is C14H17FN2O2. The number of piperazine rings is 3. The highest BCUT2D eigenvalue weighted by atomic mass is 19.1. The van der Waals surface area contributed by atoms with Crippen LogP contribution < -0.4 is 4.74 Å². The first-order chi connectivity index (χ1) is 9.19. The maximum atomic E-state index is 14.0. The number of Topliss-reactive ketones (excluding diaryl/α,β-unsaturated/α-hetero) is 1. The van der Waals surface area contributed by atoms with Crippen molar-refractivity contribution in [3.63, 3.8) is 0 Å². The molecule has 5 heteroatoms. The summed E-state index contributed by atoms with van der Waals surface area (Å²) in [5, 5.41) is 0. The number of fused-ring (bicyclic) bond motifs is 3. The molecule has 1 unspecified atom stereocenters. The van der Waals surface area contributed by atoms with Crippen LogP contribution in [-0.2, 0) is 0 Å². The van der Waals surface area contributed by atoms with Crippen molar-refractivity contribution in [3.8, 4) is 5.75 Å². The maximum absolute atomic E-state index is 14.0. The van der Waals surface area contributed by atoms with Crippen molar-refractivity contribution in [1.29, 1.82) is 0 Å². The summed E-state index contributed by atoms with van der Waals surface area (Å²) in [5.74, 6) is -0.185. The van der Waals surface area contributed by atoms with Gasteiger partial charge in [-0.2, -0.15) is 0 Å². The lowest BCUT2D eigenvalue weighted by Crippen LogP contribution is -2.63. The van der Waals surface area contributed by atoms with Crippen molar-refractivity contribution in [1.82, 2.24) is 9.80 Å². The molecule has 0 N–H and O–H groups in total. The van der Waals surface area contributed by atoms with Crippen molar-refractivity contribution in [2.75, 3.05) is 39.8 Å². The van der Waals surface area contributed by atoms with Gasteiger partial charge < -0.3 is 4.74 Å². The summed E-state index contributed by atoms with van der Waals surface area (Å²) >= 11 is 0. The molecule has 0 amide bonds. The number of hydrogen-bond donors (Lipinski definition) is 0. The molecule has 3 heterocycles. The molecule has 4 nitrogen and oxygen atoms in total. The first kappa shape index (κ1) is 12.6. The standard InChI is InChI=1S/C14H17FN2O2/c1-19-10-2-3-11(12(15)8-10)14(18)13-9-16-4-6-17(13)7-5-16/h2-3,8,13H,4-7,9H2,1H3. The molecule has 0 spiro atoms. The summed E-state index contributed by atoms with van der Waals surface area (Å²) in [6.07, 6.45) is 0. The SMILES string of the molecule is COc1ccc(C(=O)C2CN3CCN2CC3)c(F)c1. The van der Waals surface area contributed by atoms with E-state index in [0.717, 1.165) is 26.2 Å².